The number of halogens is 1. The molecule has 0 aromatic rings. The highest BCUT2D eigenvalue weighted by Crippen LogP contribution is 2.39. The number of hydrogen-bond donors (Lipinski definition) is 0. The zero-order chi connectivity index (χ0) is 10.1. The lowest BCUT2D eigenvalue weighted by molar-refractivity contribution is -0.139. The molecule has 0 heterocycles. The molecule has 0 aliphatic heterocycles. The Morgan fingerprint density at radius 3 is 2.54 bits per heavy atom. The number of ketones is 2. The van der Waals surface area contributed by atoms with Gasteiger partial charge in [0.05, 0.1) is 5.41 Å². The van der Waals surface area contributed by atoms with Crippen LogP contribution in [0.5, 0.6) is 0 Å². The van der Waals surface area contributed by atoms with Gasteiger partial charge in [-0.2, -0.15) is 0 Å². The van der Waals surface area contributed by atoms with Gasteiger partial charge in [-0.15, -0.1) is 0 Å². The lowest BCUT2D eigenvalue weighted by atomic mass is 9.78. The van der Waals surface area contributed by atoms with Crippen LogP contribution in [0.15, 0.2) is 0 Å². The summed E-state index contributed by atoms with van der Waals surface area (Å²) >= 11 is 3.30. The largest absolute Gasteiger partial charge is 0.299 e. The monoisotopic (exact) mass is 246 g/mol. The highest BCUT2D eigenvalue weighted by molar-refractivity contribution is 9.09. The number of carbonyl (C=O) groups excluding carboxylic acids is 2. The molecule has 1 atom stereocenters. The lowest BCUT2D eigenvalue weighted by Crippen LogP contribution is -2.39. The number of Topliss-reactive ketones (excluding diaryl/α,β-unsaturated/α-hetero) is 2. The molecule has 74 valence electrons. The second-order valence-corrected chi connectivity index (χ2v) is 4.57. The molecular formula is C10H15BrO2. The van der Waals surface area contributed by atoms with Crippen molar-refractivity contribution in [2.24, 2.45) is 11.3 Å². The van der Waals surface area contributed by atoms with Crippen molar-refractivity contribution in [2.45, 2.75) is 33.1 Å². The van der Waals surface area contributed by atoms with E-state index in [4.69, 9.17) is 0 Å². The Hall–Kier alpha value is -0.180. The van der Waals surface area contributed by atoms with Gasteiger partial charge in [-0.05, 0) is 12.8 Å². The fourth-order valence-corrected chi connectivity index (χ4v) is 2.82. The summed E-state index contributed by atoms with van der Waals surface area (Å²) < 4.78 is 0. The summed E-state index contributed by atoms with van der Waals surface area (Å²) in [6.07, 6.45) is 2.17. The van der Waals surface area contributed by atoms with E-state index in [0.717, 1.165) is 12.8 Å². The van der Waals surface area contributed by atoms with E-state index in [2.05, 4.69) is 15.9 Å². The van der Waals surface area contributed by atoms with Crippen LogP contribution in [0.4, 0.5) is 0 Å². The van der Waals surface area contributed by atoms with Crippen LogP contribution in [0.2, 0.25) is 0 Å². The minimum absolute atomic E-state index is 0.0420. The molecule has 1 unspecified atom stereocenters. The van der Waals surface area contributed by atoms with Crippen molar-refractivity contribution < 1.29 is 9.59 Å². The molecule has 0 aromatic heterocycles. The van der Waals surface area contributed by atoms with Crippen molar-refractivity contribution in [1.29, 1.82) is 0 Å². The summed E-state index contributed by atoms with van der Waals surface area (Å²) in [4.78, 5) is 23.5. The molecule has 0 N–H and O–H groups in total. The number of alkyl halides is 1. The summed E-state index contributed by atoms with van der Waals surface area (Å²) in [5, 5.41) is 0.496. The fourth-order valence-electron chi connectivity index (χ4n) is 1.95. The molecule has 0 aromatic carbocycles. The minimum Gasteiger partial charge on any atom is -0.299 e. The number of rotatable bonds is 3. The Balaban J connectivity index is 2.93. The summed E-state index contributed by atoms with van der Waals surface area (Å²) in [7, 11) is 0. The van der Waals surface area contributed by atoms with Crippen LogP contribution in [0.3, 0.4) is 0 Å². The molecule has 1 rings (SSSR count). The van der Waals surface area contributed by atoms with Gasteiger partial charge in [0.2, 0.25) is 0 Å². The van der Waals surface area contributed by atoms with E-state index >= 15 is 0 Å². The van der Waals surface area contributed by atoms with Crippen LogP contribution in [0, 0.1) is 11.3 Å². The predicted molar refractivity (Wildman–Crippen MR) is 54.9 cm³/mol. The average molecular weight is 247 g/mol. The Kier molecular flexibility index (Phi) is 3.28. The van der Waals surface area contributed by atoms with E-state index in [1.54, 1.807) is 0 Å². The Labute approximate surface area is 87.2 Å². The van der Waals surface area contributed by atoms with Crippen molar-refractivity contribution in [3.63, 3.8) is 0 Å². The van der Waals surface area contributed by atoms with Crippen molar-refractivity contribution in [2.75, 3.05) is 5.33 Å². The summed E-state index contributed by atoms with van der Waals surface area (Å²) in [5.41, 5.74) is -0.686. The van der Waals surface area contributed by atoms with E-state index in [9.17, 15) is 9.59 Å². The maximum atomic E-state index is 11.9. The van der Waals surface area contributed by atoms with Gasteiger partial charge in [-0.1, -0.05) is 29.8 Å². The van der Waals surface area contributed by atoms with Gasteiger partial charge in [0.15, 0.2) is 0 Å². The van der Waals surface area contributed by atoms with Crippen LogP contribution in [0.1, 0.15) is 33.1 Å². The maximum absolute atomic E-state index is 11.9. The SMILES string of the molecule is CC(C)C(=O)C1(CBr)CCCC1=O. The molecule has 3 heteroatoms. The average Bonchev–Trinajstić information content (AvgIpc) is 2.46. The minimum atomic E-state index is -0.686. The van der Waals surface area contributed by atoms with E-state index in [-0.39, 0.29) is 17.5 Å². The van der Waals surface area contributed by atoms with Crippen LogP contribution < -0.4 is 0 Å². The molecule has 0 spiro atoms. The van der Waals surface area contributed by atoms with Gasteiger partial charge in [-0.3, -0.25) is 9.59 Å². The van der Waals surface area contributed by atoms with Crippen LogP contribution in [-0.4, -0.2) is 16.9 Å². The van der Waals surface area contributed by atoms with E-state index < -0.39 is 5.41 Å². The highest BCUT2D eigenvalue weighted by atomic mass is 79.9. The summed E-state index contributed by atoms with van der Waals surface area (Å²) in [5.74, 6) is 0.189. The fraction of sp³-hybridized carbons (Fsp3) is 0.800. The van der Waals surface area contributed by atoms with Gasteiger partial charge in [-0.25, -0.2) is 0 Å². The predicted octanol–water partition coefficient (Wildman–Crippen LogP) is 2.35. The third kappa shape index (κ3) is 1.71. The molecule has 2 nitrogen and oxygen atoms in total. The topological polar surface area (TPSA) is 34.1 Å². The number of carbonyl (C=O) groups is 2. The molecular weight excluding hydrogens is 232 g/mol. The highest BCUT2D eigenvalue weighted by Gasteiger charge is 2.47. The summed E-state index contributed by atoms with van der Waals surface area (Å²) in [6, 6.07) is 0. The molecule has 1 aliphatic rings. The van der Waals surface area contributed by atoms with Crippen LogP contribution in [0.25, 0.3) is 0 Å². The normalized spacial score (nSPS) is 28.5. The molecule has 1 saturated carbocycles. The van der Waals surface area contributed by atoms with E-state index in [0.29, 0.717) is 11.8 Å². The number of hydrogen-bond acceptors (Lipinski definition) is 2. The lowest BCUT2D eigenvalue weighted by Gasteiger charge is -2.24. The van der Waals surface area contributed by atoms with Crippen molar-refractivity contribution in [3.8, 4) is 0 Å². The third-order valence-corrected chi connectivity index (χ3v) is 3.72. The van der Waals surface area contributed by atoms with Crippen molar-refractivity contribution in [3.05, 3.63) is 0 Å². The second-order valence-electron chi connectivity index (χ2n) is 4.01. The smallest absolute Gasteiger partial charge is 0.149 e. The maximum Gasteiger partial charge on any atom is 0.149 e. The molecule has 0 radical (unpaired) electrons. The Morgan fingerprint density at radius 1 is 1.62 bits per heavy atom. The molecule has 0 saturated heterocycles. The molecule has 13 heavy (non-hydrogen) atoms. The van der Waals surface area contributed by atoms with Gasteiger partial charge >= 0.3 is 0 Å². The van der Waals surface area contributed by atoms with Gasteiger partial charge < -0.3 is 0 Å². The molecule has 0 amide bonds. The van der Waals surface area contributed by atoms with E-state index in [1.165, 1.54) is 0 Å². The van der Waals surface area contributed by atoms with E-state index in [1.807, 2.05) is 13.8 Å². The third-order valence-electron chi connectivity index (χ3n) is 2.77. The van der Waals surface area contributed by atoms with Crippen molar-refractivity contribution >= 4 is 27.5 Å². The standard InChI is InChI=1S/C10H15BrO2/c1-7(2)9(13)10(6-11)5-3-4-8(10)12/h7H,3-6H2,1-2H3. The molecule has 0 bridgehead atoms. The quantitative estimate of drug-likeness (QED) is 0.566. The van der Waals surface area contributed by atoms with Gasteiger partial charge in [0.25, 0.3) is 0 Å². The second kappa shape index (κ2) is 3.91. The summed E-state index contributed by atoms with van der Waals surface area (Å²) in [6.45, 7) is 3.72. The zero-order valence-electron chi connectivity index (χ0n) is 8.10. The van der Waals surface area contributed by atoms with Gasteiger partial charge in [0.1, 0.15) is 11.6 Å². The first-order valence-electron chi connectivity index (χ1n) is 4.68. The van der Waals surface area contributed by atoms with Gasteiger partial charge in [0, 0.05) is 17.7 Å². The zero-order valence-corrected chi connectivity index (χ0v) is 9.69. The first kappa shape index (κ1) is 10.9. The van der Waals surface area contributed by atoms with Crippen molar-refractivity contribution in [1.82, 2.24) is 0 Å². The first-order chi connectivity index (χ1) is 6.04. The molecule has 1 fully saturated rings. The van der Waals surface area contributed by atoms with Crippen LogP contribution in [-0.2, 0) is 9.59 Å². The Morgan fingerprint density at radius 2 is 2.23 bits per heavy atom. The van der Waals surface area contributed by atoms with Crippen LogP contribution >= 0.6 is 15.9 Å². The Bertz CT molecular complexity index is 235. The molecule has 1 aliphatic carbocycles. The first-order valence-corrected chi connectivity index (χ1v) is 5.80.